The lowest BCUT2D eigenvalue weighted by molar-refractivity contribution is -0.384. The number of hydrazine groups is 1. The van der Waals surface area contributed by atoms with Crippen LogP contribution in [0.1, 0.15) is 29.9 Å². The van der Waals surface area contributed by atoms with E-state index in [2.05, 4.69) is 5.43 Å². The quantitative estimate of drug-likeness (QED) is 0.0597. The number of nitrogens with one attached hydrogen (secondary N) is 1. The van der Waals surface area contributed by atoms with E-state index in [1.165, 1.54) is 44.6 Å². The molecule has 0 unspecified atom stereocenters. The second-order valence-corrected chi connectivity index (χ2v) is 16.1. The highest BCUT2D eigenvalue weighted by molar-refractivity contribution is 14.1. The first-order valence-electron chi connectivity index (χ1n) is 17.4. The fourth-order valence-electron chi connectivity index (χ4n) is 9.11. The molecule has 4 amide bonds. The van der Waals surface area contributed by atoms with Crippen LogP contribution in [0.2, 0.25) is 10.0 Å². The summed E-state index contributed by atoms with van der Waals surface area (Å²) < 4.78 is 11.5. The smallest absolute Gasteiger partial charge is 0.269 e. The first-order chi connectivity index (χ1) is 26.8. The second-order valence-electron chi connectivity index (χ2n) is 14.1. The summed E-state index contributed by atoms with van der Waals surface area (Å²) in [6.07, 6.45) is 2.08. The van der Waals surface area contributed by atoms with Gasteiger partial charge in [-0.1, -0.05) is 47.0 Å². The third-order valence-electron chi connectivity index (χ3n) is 11.5. The number of nitrogens with zero attached hydrogens (tertiary/aromatic N) is 3. The Morgan fingerprint density at radius 1 is 0.911 bits per heavy atom. The molecule has 4 aromatic rings. The summed E-state index contributed by atoms with van der Waals surface area (Å²) in [5.74, 6) is -5.96. The number of allylic oxidation sites excluding steroid dienone is 2. The Balaban J connectivity index is 1.33. The summed E-state index contributed by atoms with van der Waals surface area (Å²) >= 11 is 14.7. The molecule has 1 saturated carbocycles. The maximum Gasteiger partial charge on any atom is 0.269 e. The SMILES string of the molecule is COc1ccc([C@@]23C(=O)N(Nc4ccc(Cl)cc4Cl)C(=O)[C@@H]2C[C@@H]2C(=CC[C@@H]4C(=O)N(c5ccc([N+](=O)[O-])cc5)C(=O)[C@@H]42)[C@@H]3c2cc(I)c(O)c(OC)c2)cc1. The lowest BCUT2D eigenvalue weighted by atomic mass is 9.49. The number of benzene rings is 4. The van der Waals surface area contributed by atoms with Gasteiger partial charge in [0.25, 0.3) is 17.5 Å². The van der Waals surface area contributed by atoms with Gasteiger partial charge in [0.2, 0.25) is 11.8 Å². The maximum absolute atomic E-state index is 15.5. The molecular weight excluding hydrogens is 878 g/mol. The number of carbonyl (C=O) groups excluding carboxylic acids is 4. The van der Waals surface area contributed by atoms with Gasteiger partial charge in [-0.2, -0.15) is 5.01 Å². The molecular formula is C40H31Cl2IN4O9. The van der Waals surface area contributed by atoms with Crippen molar-refractivity contribution in [1.82, 2.24) is 5.01 Å². The van der Waals surface area contributed by atoms with E-state index < -0.39 is 63.6 Å². The Hall–Kier alpha value is -5.19. The van der Waals surface area contributed by atoms with Crippen molar-refractivity contribution in [2.75, 3.05) is 24.5 Å². The number of ether oxygens (including phenoxy) is 2. The zero-order valence-corrected chi connectivity index (χ0v) is 33.2. The van der Waals surface area contributed by atoms with Crippen molar-refractivity contribution in [3.63, 3.8) is 0 Å². The van der Waals surface area contributed by atoms with E-state index >= 15 is 4.79 Å². The Morgan fingerprint density at radius 2 is 1.62 bits per heavy atom. The van der Waals surface area contributed by atoms with Gasteiger partial charge in [-0.05, 0) is 107 Å². The number of non-ortho nitro benzene ring substituents is 1. The van der Waals surface area contributed by atoms with E-state index in [9.17, 15) is 29.6 Å². The number of amides is 4. The van der Waals surface area contributed by atoms with E-state index in [0.717, 1.165) is 9.91 Å². The van der Waals surface area contributed by atoms with Gasteiger partial charge in [-0.25, -0.2) is 0 Å². The summed E-state index contributed by atoms with van der Waals surface area (Å²) in [5, 5.41) is 23.8. The largest absolute Gasteiger partial charge is 0.504 e. The van der Waals surface area contributed by atoms with Crippen LogP contribution in [0.5, 0.6) is 17.2 Å². The van der Waals surface area contributed by atoms with Crippen molar-refractivity contribution >= 4 is 86.5 Å². The zero-order valence-electron chi connectivity index (χ0n) is 29.6. The summed E-state index contributed by atoms with van der Waals surface area (Å²) in [4.78, 5) is 71.0. The maximum atomic E-state index is 15.5. The van der Waals surface area contributed by atoms with Crippen LogP contribution in [-0.4, -0.2) is 52.9 Å². The minimum Gasteiger partial charge on any atom is -0.504 e. The molecule has 0 radical (unpaired) electrons. The molecule has 16 heteroatoms. The van der Waals surface area contributed by atoms with Crippen molar-refractivity contribution in [3.8, 4) is 17.2 Å². The molecule has 0 aromatic heterocycles. The summed E-state index contributed by atoms with van der Waals surface area (Å²) in [5.41, 5.74) is 3.32. The molecule has 0 spiro atoms. The molecule has 4 aromatic carbocycles. The van der Waals surface area contributed by atoms with Crippen LogP contribution in [0.15, 0.2) is 90.5 Å². The van der Waals surface area contributed by atoms with Crippen LogP contribution >= 0.6 is 45.8 Å². The van der Waals surface area contributed by atoms with Crippen molar-refractivity contribution in [2.24, 2.45) is 23.7 Å². The Morgan fingerprint density at radius 3 is 2.27 bits per heavy atom. The van der Waals surface area contributed by atoms with Crippen molar-refractivity contribution in [1.29, 1.82) is 0 Å². The molecule has 4 aliphatic rings. The van der Waals surface area contributed by atoms with Gasteiger partial charge in [0.05, 0.1) is 62.3 Å². The zero-order chi connectivity index (χ0) is 39.8. The second kappa shape index (κ2) is 14.1. The highest BCUT2D eigenvalue weighted by atomic mass is 127. The number of phenols is 1. The average Bonchev–Trinajstić information content (AvgIpc) is 3.57. The molecule has 8 rings (SSSR count). The molecule has 2 aliphatic carbocycles. The lowest BCUT2D eigenvalue weighted by Crippen LogP contribution is -2.53. The number of nitro benzene ring substituents is 1. The lowest BCUT2D eigenvalue weighted by Gasteiger charge is -2.50. The predicted octanol–water partition coefficient (Wildman–Crippen LogP) is 7.42. The molecule has 56 heavy (non-hydrogen) atoms. The number of nitro groups is 1. The molecule has 2 saturated heterocycles. The molecule has 2 aliphatic heterocycles. The Kier molecular flexibility index (Phi) is 9.48. The predicted molar refractivity (Wildman–Crippen MR) is 214 cm³/mol. The van der Waals surface area contributed by atoms with E-state index in [1.54, 1.807) is 48.5 Å². The molecule has 0 bridgehead atoms. The number of methoxy groups -OCH3 is 2. The fraction of sp³-hybridized carbons (Fsp3) is 0.250. The van der Waals surface area contributed by atoms with Crippen molar-refractivity contribution in [2.45, 2.75) is 24.2 Å². The number of rotatable bonds is 8. The van der Waals surface area contributed by atoms with Gasteiger partial charge in [0.1, 0.15) is 5.75 Å². The molecule has 2 N–H and O–H groups in total. The van der Waals surface area contributed by atoms with Crippen molar-refractivity contribution < 1.29 is 38.7 Å². The van der Waals surface area contributed by atoms with Crippen LogP contribution in [0.3, 0.4) is 0 Å². The minimum absolute atomic E-state index is 0.0199. The number of carbonyl (C=O) groups is 4. The summed E-state index contributed by atoms with van der Waals surface area (Å²) in [6, 6.07) is 20.1. The molecule has 2 heterocycles. The normalized spacial score (nSPS) is 25.4. The number of hydrogen-bond donors (Lipinski definition) is 2. The van der Waals surface area contributed by atoms with Crippen LogP contribution < -0.4 is 19.8 Å². The van der Waals surface area contributed by atoms with E-state index in [4.69, 9.17) is 32.7 Å². The van der Waals surface area contributed by atoms with Crippen LogP contribution in [0, 0.1) is 37.4 Å². The number of aromatic hydroxyl groups is 1. The highest BCUT2D eigenvalue weighted by Crippen LogP contribution is 2.65. The van der Waals surface area contributed by atoms with Crippen LogP contribution in [0.4, 0.5) is 17.1 Å². The third-order valence-corrected chi connectivity index (χ3v) is 12.9. The monoisotopic (exact) mass is 908 g/mol. The Bertz CT molecular complexity index is 2390. The fourth-order valence-corrected chi connectivity index (χ4v) is 10.2. The Labute approximate surface area is 343 Å². The standard InChI is InChI=1S/C40H31Cl2IN4O9/c1-55-24-10-3-20(4-11-24)40-28(37(50)46(39(40)52)44-31-14-5-21(41)17-29(31)42)18-27-25(34(40)19-15-30(43)35(48)32(16-19)56-2)12-13-26-33(27)38(51)45(36(26)49)22-6-8-23(9-7-22)47(53)54/h3-12,14-17,26-28,33-34,44,48H,13,18H2,1-2H3/t26-,27+,28-,33-,34-,40+/m0/s1. The minimum atomic E-state index is -1.63. The summed E-state index contributed by atoms with van der Waals surface area (Å²) in [7, 11) is 2.93. The number of fused-ring (bicyclic) bond motifs is 4. The highest BCUT2D eigenvalue weighted by Gasteiger charge is 2.70. The van der Waals surface area contributed by atoms with Crippen LogP contribution in [0.25, 0.3) is 0 Å². The van der Waals surface area contributed by atoms with E-state index in [-0.39, 0.29) is 46.4 Å². The molecule has 286 valence electrons. The molecule has 6 atom stereocenters. The third kappa shape index (κ3) is 5.63. The molecule has 3 fully saturated rings. The first-order valence-corrected chi connectivity index (χ1v) is 19.3. The van der Waals surface area contributed by atoms with E-state index in [1.807, 2.05) is 28.7 Å². The average molecular weight is 910 g/mol. The number of hydrogen-bond acceptors (Lipinski definition) is 10. The van der Waals surface area contributed by atoms with Crippen molar-refractivity contribution in [3.05, 3.63) is 125 Å². The number of anilines is 2. The van der Waals surface area contributed by atoms with E-state index in [0.29, 0.717) is 31.0 Å². The van der Waals surface area contributed by atoms with Gasteiger partial charge in [0.15, 0.2) is 11.5 Å². The van der Waals surface area contributed by atoms with Gasteiger partial charge in [-0.3, -0.25) is 39.6 Å². The van der Waals surface area contributed by atoms with Gasteiger partial charge < -0.3 is 14.6 Å². The first kappa shape index (κ1) is 37.7. The number of phenolic OH excluding ortho intramolecular Hbond substituents is 1. The molecule has 13 nitrogen and oxygen atoms in total. The number of halogens is 3. The topological polar surface area (TPSA) is 169 Å². The number of imide groups is 2. The van der Waals surface area contributed by atoms with Gasteiger partial charge >= 0.3 is 0 Å². The van der Waals surface area contributed by atoms with Gasteiger partial charge in [0, 0.05) is 23.1 Å². The summed E-state index contributed by atoms with van der Waals surface area (Å²) in [6.45, 7) is 0. The van der Waals surface area contributed by atoms with Gasteiger partial charge in [-0.15, -0.1) is 0 Å². The van der Waals surface area contributed by atoms with Crippen LogP contribution in [-0.2, 0) is 24.6 Å².